The number of aliphatic hydroxyl groups is 1. The van der Waals surface area contributed by atoms with E-state index in [-0.39, 0.29) is 6.61 Å². The normalized spacial score (nSPS) is 10.6. The van der Waals surface area contributed by atoms with Crippen LogP contribution in [0, 0.1) is 0 Å². The van der Waals surface area contributed by atoms with E-state index >= 15 is 0 Å². The minimum atomic E-state index is 0.0555. The van der Waals surface area contributed by atoms with Gasteiger partial charge in [0.2, 0.25) is 0 Å². The SMILES string of the molecule is OCc1cc(Br)ccc1SCc1ccco1. The summed E-state index contributed by atoms with van der Waals surface area (Å²) in [6.45, 7) is 0.0555. The molecule has 0 aliphatic carbocycles. The third-order valence-corrected chi connectivity index (χ3v) is 3.77. The van der Waals surface area contributed by atoms with Crippen LogP contribution in [-0.4, -0.2) is 5.11 Å². The number of thioether (sulfide) groups is 1. The summed E-state index contributed by atoms with van der Waals surface area (Å²) in [6.07, 6.45) is 1.67. The molecular formula is C12H11BrO2S. The van der Waals surface area contributed by atoms with Crippen molar-refractivity contribution in [3.05, 3.63) is 52.4 Å². The van der Waals surface area contributed by atoms with E-state index in [9.17, 15) is 5.11 Å². The first-order chi connectivity index (χ1) is 7.79. The summed E-state index contributed by atoms with van der Waals surface area (Å²) < 4.78 is 6.24. The zero-order chi connectivity index (χ0) is 11.4. The summed E-state index contributed by atoms with van der Waals surface area (Å²) in [5.74, 6) is 1.72. The van der Waals surface area contributed by atoms with Gasteiger partial charge in [0.1, 0.15) is 5.76 Å². The highest BCUT2D eigenvalue weighted by molar-refractivity contribution is 9.10. The molecule has 2 nitrogen and oxygen atoms in total. The van der Waals surface area contributed by atoms with Crippen molar-refractivity contribution < 1.29 is 9.52 Å². The van der Waals surface area contributed by atoms with Crippen molar-refractivity contribution in [3.8, 4) is 0 Å². The summed E-state index contributed by atoms with van der Waals surface area (Å²) >= 11 is 5.05. The lowest BCUT2D eigenvalue weighted by atomic mass is 10.2. The maximum Gasteiger partial charge on any atom is 0.113 e. The average molecular weight is 299 g/mol. The van der Waals surface area contributed by atoms with Gasteiger partial charge in [0, 0.05) is 9.37 Å². The van der Waals surface area contributed by atoms with E-state index in [4.69, 9.17) is 4.42 Å². The molecule has 0 atom stereocenters. The molecule has 0 aliphatic rings. The number of aliphatic hydroxyl groups excluding tert-OH is 1. The topological polar surface area (TPSA) is 33.4 Å². The average Bonchev–Trinajstić information content (AvgIpc) is 2.80. The van der Waals surface area contributed by atoms with Crippen molar-refractivity contribution in [1.82, 2.24) is 0 Å². The molecule has 4 heteroatoms. The molecule has 1 N–H and O–H groups in total. The lowest BCUT2D eigenvalue weighted by Gasteiger charge is -2.06. The molecule has 84 valence electrons. The van der Waals surface area contributed by atoms with Crippen LogP contribution in [0.1, 0.15) is 11.3 Å². The van der Waals surface area contributed by atoms with Gasteiger partial charge >= 0.3 is 0 Å². The molecule has 0 bridgehead atoms. The summed E-state index contributed by atoms with van der Waals surface area (Å²) in [6, 6.07) is 9.74. The maximum absolute atomic E-state index is 9.24. The number of hydrogen-bond donors (Lipinski definition) is 1. The predicted molar refractivity (Wildman–Crippen MR) is 68.3 cm³/mol. The van der Waals surface area contributed by atoms with E-state index in [1.807, 2.05) is 30.3 Å². The van der Waals surface area contributed by atoms with Crippen LogP contribution < -0.4 is 0 Å². The smallest absolute Gasteiger partial charge is 0.113 e. The Labute approximate surface area is 107 Å². The van der Waals surface area contributed by atoms with Crippen LogP contribution in [0.15, 0.2) is 50.4 Å². The van der Waals surface area contributed by atoms with Crippen LogP contribution in [0.25, 0.3) is 0 Å². The molecule has 0 spiro atoms. The van der Waals surface area contributed by atoms with Gasteiger partial charge in [0.25, 0.3) is 0 Å². The molecule has 0 saturated carbocycles. The Hall–Kier alpha value is -0.710. The van der Waals surface area contributed by atoms with Crippen molar-refractivity contribution in [2.24, 2.45) is 0 Å². The molecule has 0 aliphatic heterocycles. The van der Waals surface area contributed by atoms with Crippen LogP contribution in [0.2, 0.25) is 0 Å². The predicted octanol–water partition coefficient (Wildman–Crippen LogP) is 3.83. The van der Waals surface area contributed by atoms with Crippen molar-refractivity contribution in [2.45, 2.75) is 17.3 Å². The number of hydrogen-bond acceptors (Lipinski definition) is 3. The van der Waals surface area contributed by atoms with Gasteiger partial charge in [-0.25, -0.2) is 0 Å². The number of rotatable bonds is 4. The van der Waals surface area contributed by atoms with Crippen LogP contribution in [0.5, 0.6) is 0 Å². The number of furan rings is 1. The molecule has 0 unspecified atom stereocenters. The highest BCUT2D eigenvalue weighted by Gasteiger charge is 2.04. The molecule has 0 saturated heterocycles. The van der Waals surface area contributed by atoms with E-state index in [0.717, 1.165) is 26.4 Å². The van der Waals surface area contributed by atoms with Crippen LogP contribution in [-0.2, 0) is 12.4 Å². The first-order valence-corrected chi connectivity index (χ1v) is 6.62. The molecule has 0 radical (unpaired) electrons. The van der Waals surface area contributed by atoms with E-state index < -0.39 is 0 Å². The van der Waals surface area contributed by atoms with Gasteiger partial charge in [0.05, 0.1) is 18.6 Å². The number of benzene rings is 1. The summed E-state index contributed by atoms with van der Waals surface area (Å²) in [7, 11) is 0. The van der Waals surface area contributed by atoms with Gasteiger partial charge < -0.3 is 9.52 Å². The third kappa shape index (κ3) is 2.90. The Balaban J connectivity index is 2.09. The molecule has 1 heterocycles. The van der Waals surface area contributed by atoms with Gasteiger partial charge in [-0.15, -0.1) is 11.8 Å². The molecule has 1 aromatic carbocycles. The van der Waals surface area contributed by atoms with Crippen molar-refractivity contribution in [3.63, 3.8) is 0 Å². The molecule has 0 fully saturated rings. The molecule has 16 heavy (non-hydrogen) atoms. The second-order valence-corrected chi connectivity index (χ2v) is 5.21. The van der Waals surface area contributed by atoms with Crippen LogP contribution in [0.4, 0.5) is 0 Å². The zero-order valence-corrected chi connectivity index (χ0v) is 10.9. The first-order valence-electron chi connectivity index (χ1n) is 4.84. The molecule has 0 amide bonds. The number of halogens is 1. The lowest BCUT2D eigenvalue weighted by Crippen LogP contribution is -1.88. The fraction of sp³-hybridized carbons (Fsp3) is 0.167. The molecule has 2 aromatic rings. The lowest BCUT2D eigenvalue weighted by molar-refractivity contribution is 0.279. The van der Waals surface area contributed by atoms with E-state index in [0.29, 0.717) is 0 Å². The fourth-order valence-electron chi connectivity index (χ4n) is 1.36. The third-order valence-electron chi connectivity index (χ3n) is 2.14. The zero-order valence-electron chi connectivity index (χ0n) is 8.52. The Morgan fingerprint density at radius 2 is 2.19 bits per heavy atom. The minimum absolute atomic E-state index is 0.0555. The van der Waals surface area contributed by atoms with E-state index in [1.54, 1.807) is 18.0 Å². The Kier molecular flexibility index (Phi) is 4.09. The Bertz CT molecular complexity index is 454. The highest BCUT2D eigenvalue weighted by Crippen LogP contribution is 2.28. The monoisotopic (exact) mass is 298 g/mol. The Morgan fingerprint density at radius 3 is 2.88 bits per heavy atom. The van der Waals surface area contributed by atoms with Crippen LogP contribution >= 0.6 is 27.7 Å². The minimum Gasteiger partial charge on any atom is -0.468 e. The second kappa shape index (κ2) is 5.57. The standard InChI is InChI=1S/C12H11BrO2S/c13-10-3-4-12(9(6-10)7-14)16-8-11-2-1-5-15-11/h1-6,14H,7-8H2. The van der Waals surface area contributed by atoms with Crippen LogP contribution in [0.3, 0.4) is 0 Å². The Morgan fingerprint density at radius 1 is 1.31 bits per heavy atom. The van der Waals surface area contributed by atoms with Crippen molar-refractivity contribution >= 4 is 27.7 Å². The van der Waals surface area contributed by atoms with E-state index in [1.165, 1.54) is 0 Å². The summed E-state index contributed by atoms with van der Waals surface area (Å²) in [5, 5.41) is 9.24. The van der Waals surface area contributed by atoms with Crippen molar-refractivity contribution in [2.75, 3.05) is 0 Å². The molecule has 1 aromatic heterocycles. The second-order valence-electron chi connectivity index (χ2n) is 3.28. The van der Waals surface area contributed by atoms with Gasteiger partial charge in [-0.05, 0) is 35.9 Å². The molecule has 2 rings (SSSR count). The van der Waals surface area contributed by atoms with Gasteiger partial charge in [-0.1, -0.05) is 15.9 Å². The van der Waals surface area contributed by atoms with Crippen molar-refractivity contribution in [1.29, 1.82) is 0 Å². The van der Waals surface area contributed by atoms with Gasteiger partial charge in [0.15, 0.2) is 0 Å². The molecular weight excluding hydrogens is 288 g/mol. The van der Waals surface area contributed by atoms with Gasteiger partial charge in [-0.3, -0.25) is 0 Å². The largest absolute Gasteiger partial charge is 0.468 e. The quantitative estimate of drug-likeness (QED) is 0.871. The first kappa shape index (κ1) is 11.8. The fourth-order valence-corrected chi connectivity index (χ4v) is 2.70. The highest BCUT2D eigenvalue weighted by atomic mass is 79.9. The maximum atomic E-state index is 9.24. The van der Waals surface area contributed by atoms with E-state index in [2.05, 4.69) is 15.9 Å². The summed E-state index contributed by atoms with van der Waals surface area (Å²) in [5.41, 5.74) is 0.936. The summed E-state index contributed by atoms with van der Waals surface area (Å²) in [4.78, 5) is 1.09. The van der Waals surface area contributed by atoms with Gasteiger partial charge in [-0.2, -0.15) is 0 Å².